The standard InChI is InChI=1S/C19H18ClNO2S/c1-3-6-14-13-7-4-5-8-17(13)24-18(14)19(22)21-15-11-12(20)9-10-16(15)23-2/h4-5,7-11H,3,6H2,1-2H3,(H,21,22). The Morgan fingerprint density at radius 2 is 2.04 bits per heavy atom. The normalized spacial score (nSPS) is 10.8. The molecule has 0 fully saturated rings. The lowest BCUT2D eigenvalue weighted by Crippen LogP contribution is -2.13. The Kier molecular flexibility index (Phi) is 5.07. The lowest BCUT2D eigenvalue weighted by molar-refractivity contribution is 0.102. The van der Waals surface area contributed by atoms with Gasteiger partial charge in [0.15, 0.2) is 0 Å². The van der Waals surface area contributed by atoms with Crippen molar-refractivity contribution in [3.8, 4) is 5.75 Å². The second-order valence-corrected chi connectivity index (χ2v) is 6.94. The first-order valence-electron chi connectivity index (χ1n) is 7.79. The predicted octanol–water partition coefficient (Wildman–Crippen LogP) is 5.77. The highest BCUT2D eigenvalue weighted by atomic mass is 35.5. The van der Waals surface area contributed by atoms with Crippen LogP contribution in [0.4, 0.5) is 5.69 Å². The highest BCUT2D eigenvalue weighted by molar-refractivity contribution is 7.21. The Hall–Kier alpha value is -2.04. The Bertz CT molecular complexity index is 888. The van der Waals surface area contributed by atoms with Crippen molar-refractivity contribution in [3.63, 3.8) is 0 Å². The summed E-state index contributed by atoms with van der Waals surface area (Å²) in [5.74, 6) is 0.464. The van der Waals surface area contributed by atoms with Crippen LogP contribution in [0.2, 0.25) is 5.02 Å². The van der Waals surface area contributed by atoms with E-state index in [4.69, 9.17) is 16.3 Å². The Balaban J connectivity index is 2.00. The van der Waals surface area contributed by atoms with Crippen molar-refractivity contribution in [1.29, 1.82) is 0 Å². The zero-order chi connectivity index (χ0) is 17.1. The van der Waals surface area contributed by atoms with Gasteiger partial charge in [-0.25, -0.2) is 0 Å². The number of carbonyl (C=O) groups excluding carboxylic acids is 1. The number of nitrogens with one attached hydrogen (secondary N) is 1. The minimum Gasteiger partial charge on any atom is -0.495 e. The first kappa shape index (κ1) is 16.8. The third-order valence-electron chi connectivity index (χ3n) is 3.81. The van der Waals surface area contributed by atoms with Crippen molar-refractivity contribution in [1.82, 2.24) is 0 Å². The number of halogens is 1. The third kappa shape index (κ3) is 3.25. The van der Waals surface area contributed by atoms with Crippen LogP contribution in [0.5, 0.6) is 5.75 Å². The van der Waals surface area contributed by atoms with Gasteiger partial charge in [-0.05, 0) is 41.6 Å². The van der Waals surface area contributed by atoms with Gasteiger partial charge in [-0.15, -0.1) is 11.3 Å². The van der Waals surface area contributed by atoms with Crippen LogP contribution in [-0.2, 0) is 6.42 Å². The van der Waals surface area contributed by atoms with E-state index in [0.29, 0.717) is 16.5 Å². The molecule has 0 bridgehead atoms. The molecule has 0 radical (unpaired) electrons. The molecule has 5 heteroatoms. The van der Waals surface area contributed by atoms with E-state index in [1.807, 2.05) is 12.1 Å². The summed E-state index contributed by atoms with van der Waals surface area (Å²) < 4.78 is 6.43. The number of anilines is 1. The van der Waals surface area contributed by atoms with Crippen molar-refractivity contribution >= 4 is 44.6 Å². The van der Waals surface area contributed by atoms with E-state index >= 15 is 0 Å². The lowest BCUT2D eigenvalue weighted by atomic mass is 10.1. The van der Waals surface area contributed by atoms with E-state index in [-0.39, 0.29) is 5.91 Å². The van der Waals surface area contributed by atoms with Crippen LogP contribution in [0.25, 0.3) is 10.1 Å². The molecule has 0 unspecified atom stereocenters. The molecule has 0 saturated heterocycles. The maximum Gasteiger partial charge on any atom is 0.266 e. The monoisotopic (exact) mass is 359 g/mol. The van der Waals surface area contributed by atoms with Gasteiger partial charge in [0.05, 0.1) is 17.7 Å². The lowest BCUT2D eigenvalue weighted by Gasteiger charge is -2.10. The number of hydrogen-bond donors (Lipinski definition) is 1. The summed E-state index contributed by atoms with van der Waals surface area (Å²) in [6.07, 6.45) is 1.86. The molecule has 24 heavy (non-hydrogen) atoms. The smallest absolute Gasteiger partial charge is 0.266 e. The second-order valence-electron chi connectivity index (χ2n) is 5.45. The molecule has 1 N–H and O–H groups in total. The van der Waals surface area contributed by atoms with Gasteiger partial charge in [-0.1, -0.05) is 43.1 Å². The summed E-state index contributed by atoms with van der Waals surface area (Å²) in [6.45, 7) is 2.12. The Labute approximate surface area is 150 Å². The van der Waals surface area contributed by atoms with Gasteiger partial charge in [0, 0.05) is 9.72 Å². The molecule has 1 aromatic heterocycles. The van der Waals surface area contributed by atoms with E-state index in [0.717, 1.165) is 33.4 Å². The number of rotatable bonds is 5. The fourth-order valence-corrected chi connectivity index (χ4v) is 4.06. The second kappa shape index (κ2) is 7.24. The van der Waals surface area contributed by atoms with E-state index < -0.39 is 0 Å². The maximum absolute atomic E-state index is 12.9. The quantitative estimate of drug-likeness (QED) is 0.628. The molecule has 0 aliphatic heterocycles. The summed E-state index contributed by atoms with van der Waals surface area (Å²) in [4.78, 5) is 13.6. The molecule has 3 aromatic rings. The summed E-state index contributed by atoms with van der Waals surface area (Å²) in [5, 5.41) is 4.65. The van der Waals surface area contributed by atoms with Crippen molar-refractivity contribution < 1.29 is 9.53 Å². The molecule has 2 aromatic carbocycles. The van der Waals surface area contributed by atoms with Crippen LogP contribution in [-0.4, -0.2) is 13.0 Å². The first-order chi connectivity index (χ1) is 11.6. The molecule has 0 aliphatic rings. The van der Waals surface area contributed by atoms with E-state index in [1.54, 1.807) is 25.3 Å². The molecule has 0 saturated carbocycles. The highest BCUT2D eigenvalue weighted by Crippen LogP contribution is 2.34. The number of amides is 1. The van der Waals surface area contributed by atoms with Gasteiger partial charge in [0.1, 0.15) is 5.75 Å². The van der Waals surface area contributed by atoms with Gasteiger partial charge >= 0.3 is 0 Å². The fraction of sp³-hybridized carbons (Fsp3) is 0.211. The van der Waals surface area contributed by atoms with Gasteiger partial charge in [0.25, 0.3) is 5.91 Å². The molecular formula is C19H18ClNO2S. The summed E-state index contributed by atoms with van der Waals surface area (Å²) in [7, 11) is 1.57. The Morgan fingerprint density at radius 3 is 2.79 bits per heavy atom. The van der Waals surface area contributed by atoms with Crippen molar-refractivity contribution in [2.75, 3.05) is 12.4 Å². The number of benzene rings is 2. The van der Waals surface area contributed by atoms with Crippen molar-refractivity contribution in [2.24, 2.45) is 0 Å². The number of fused-ring (bicyclic) bond motifs is 1. The Morgan fingerprint density at radius 1 is 1.25 bits per heavy atom. The van der Waals surface area contributed by atoms with Crippen molar-refractivity contribution in [3.05, 3.63) is 57.9 Å². The largest absolute Gasteiger partial charge is 0.495 e. The van der Waals surface area contributed by atoms with Crippen LogP contribution in [0, 0.1) is 0 Å². The molecule has 3 nitrogen and oxygen atoms in total. The fourth-order valence-electron chi connectivity index (χ4n) is 2.74. The first-order valence-corrected chi connectivity index (χ1v) is 8.98. The van der Waals surface area contributed by atoms with Crippen LogP contribution >= 0.6 is 22.9 Å². The van der Waals surface area contributed by atoms with Crippen LogP contribution in [0.3, 0.4) is 0 Å². The highest BCUT2D eigenvalue weighted by Gasteiger charge is 2.19. The molecule has 1 heterocycles. The molecule has 0 spiro atoms. The summed E-state index contributed by atoms with van der Waals surface area (Å²) >= 11 is 7.57. The van der Waals surface area contributed by atoms with Crippen LogP contribution < -0.4 is 10.1 Å². The minimum absolute atomic E-state index is 0.125. The molecule has 124 valence electrons. The number of hydrogen-bond acceptors (Lipinski definition) is 3. The van der Waals surface area contributed by atoms with Crippen LogP contribution in [0.15, 0.2) is 42.5 Å². The van der Waals surface area contributed by atoms with Crippen LogP contribution in [0.1, 0.15) is 28.6 Å². The zero-order valence-corrected chi connectivity index (χ0v) is 15.1. The van der Waals surface area contributed by atoms with Gasteiger partial charge in [-0.3, -0.25) is 4.79 Å². The van der Waals surface area contributed by atoms with Gasteiger partial charge in [-0.2, -0.15) is 0 Å². The molecule has 0 atom stereocenters. The summed E-state index contributed by atoms with van der Waals surface area (Å²) in [6, 6.07) is 13.3. The SMILES string of the molecule is CCCc1c(C(=O)Nc2cc(Cl)ccc2OC)sc2ccccc12. The molecule has 0 aliphatic carbocycles. The number of carbonyl (C=O) groups is 1. The summed E-state index contributed by atoms with van der Waals surface area (Å²) in [5.41, 5.74) is 1.69. The number of methoxy groups -OCH3 is 1. The van der Waals surface area contributed by atoms with Gasteiger partial charge < -0.3 is 10.1 Å². The average molecular weight is 360 g/mol. The number of thiophene rings is 1. The molecular weight excluding hydrogens is 342 g/mol. The topological polar surface area (TPSA) is 38.3 Å². The molecule has 3 rings (SSSR count). The third-order valence-corrected chi connectivity index (χ3v) is 5.26. The van der Waals surface area contributed by atoms with E-state index in [1.165, 1.54) is 11.3 Å². The maximum atomic E-state index is 12.9. The number of aryl methyl sites for hydroxylation is 1. The number of ether oxygens (including phenoxy) is 1. The zero-order valence-electron chi connectivity index (χ0n) is 13.6. The van der Waals surface area contributed by atoms with Crippen molar-refractivity contribution in [2.45, 2.75) is 19.8 Å². The molecule has 1 amide bonds. The van der Waals surface area contributed by atoms with Gasteiger partial charge in [0.2, 0.25) is 0 Å². The van der Waals surface area contributed by atoms with E-state index in [2.05, 4.69) is 24.4 Å². The predicted molar refractivity (Wildman–Crippen MR) is 102 cm³/mol. The van der Waals surface area contributed by atoms with E-state index in [9.17, 15) is 4.79 Å². The minimum atomic E-state index is -0.125. The average Bonchev–Trinajstić information content (AvgIpc) is 2.94.